The Morgan fingerprint density at radius 1 is 1.33 bits per heavy atom. The molecule has 0 saturated carbocycles. The smallest absolute Gasteiger partial charge is 0.307 e. The van der Waals surface area contributed by atoms with E-state index in [1.807, 2.05) is 13.8 Å². The summed E-state index contributed by atoms with van der Waals surface area (Å²) in [6, 6.07) is 5.12. The third kappa shape index (κ3) is 6.04. The molecule has 0 aliphatic carbocycles. The van der Waals surface area contributed by atoms with Gasteiger partial charge in [-0.2, -0.15) is 0 Å². The Hall–Kier alpha value is -1.75. The van der Waals surface area contributed by atoms with E-state index in [1.54, 1.807) is 6.07 Å². The zero-order valence-corrected chi connectivity index (χ0v) is 12.4. The molecule has 21 heavy (non-hydrogen) atoms. The van der Waals surface area contributed by atoms with E-state index in [0.717, 1.165) is 0 Å². The summed E-state index contributed by atoms with van der Waals surface area (Å²) in [5, 5.41) is 9.23. The first kappa shape index (κ1) is 17.3. The number of rotatable bonds is 8. The minimum atomic E-state index is -1.07. The van der Waals surface area contributed by atoms with Crippen molar-refractivity contribution in [1.82, 2.24) is 0 Å². The fourth-order valence-corrected chi connectivity index (χ4v) is 2.23. The largest absolute Gasteiger partial charge is 0.481 e. The molecular weight excluding hydrogens is 273 g/mol. The van der Waals surface area contributed by atoms with Gasteiger partial charge in [0, 0.05) is 6.42 Å². The molecule has 0 aliphatic heterocycles. The standard InChI is InChI=1S/C16H22FNO3/c1-10(2)6-14(18)15(19)9-12(16(20)21)7-11-4-3-5-13(17)8-11/h3-5,8,10,12,14H,6-7,9,18H2,1-2H3,(H,20,21)/t12-,14+/m1/s1. The van der Waals surface area contributed by atoms with E-state index in [-0.39, 0.29) is 24.5 Å². The first-order valence-electron chi connectivity index (χ1n) is 7.05. The van der Waals surface area contributed by atoms with Crippen LogP contribution in [0.1, 0.15) is 32.3 Å². The fourth-order valence-electron chi connectivity index (χ4n) is 2.23. The minimum absolute atomic E-state index is 0.118. The van der Waals surface area contributed by atoms with Gasteiger partial charge in [0.25, 0.3) is 0 Å². The summed E-state index contributed by atoms with van der Waals surface area (Å²) in [6.45, 7) is 3.91. The van der Waals surface area contributed by atoms with Gasteiger partial charge in [0.1, 0.15) is 11.6 Å². The van der Waals surface area contributed by atoms with Crippen LogP contribution in [0.25, 0.3) is 0 Å². The van der Waals surface area contributed by atoms with Gasteiger partial charge in [-0.05, 0) is 36.5 Å². The van der Waals surface area contributed by atoms with E-state index in [1.165, 1.54) is 18.2 Å². The highest BCUT2D eigenvalue weighted by Gasteiger charge is 2.25. The quantitative estimate of drug-likeness (QED) is 0.771. The van der Waals surface area contributed by atoms with Gasteiger partial charge in [-0.1, -0.05) is 26.0 Å². The first-order valence-corrected chi connectivity index (χ1v) is 7.05. The van der Waals surface area contributed by atoms with Crippen molar-refractivity contribution >= 4 is 11.8 Å². The van der Waals surface area contributed by atoms with Gasteiger partial charge in [0.15, 0.2) is 0 Å². The summed E-state index contributed by atoms with van der Waals surface area (Å²) in [6.07, 6.45) is 0.526. The van der Waals surface area contributed by atoms with Crippen LogP contribution in [0, 0.1) is 17.7 Å². The van der Waals surface area contributed by atoms with Crippen molar-refractivity contribution in [2.75, 3.05) is 0 Å². The normalized spacial score (nSPS) is 14.0. The Morgan fingerprint density at radius 3 is 2.52 bits per heavy atom. The van der Waals surface area contributed by atoms with E-state index in [2.05, 4.69) is 0 Å². The number of halogens is 1. The molecule has 1 aromatic carbocycles. The van der Waals surface area contributed by atoms with E-state index in [0.29, 0.717) is 12.0 Å². The van der Waals surface area contributed by atoms with Crippen molar-refractivity contribution in [3.05, 3.63) is 35.6 Å². The molecule has 0 fully saturated rings. The van der Waals surface area contributed by atoms with Crippen LogP contribution in [0.2, 0.25) is 0 Å². The zero-order chi connectivity index (χ0) is 16.0. The van der Waals surface area contributed by atoms with Crippen molar-refractivity contribution in [3.8, 4) is 0 Å². The number of nitrogens with two attached hydrogens (primary N) is 1. The summed E-state index contributed by atoms with van der Waals surface area (Å²) in [4.78, 5) is 23.3. The number of hydrogen-bond acceptors (Lipinski definition) is 3. The van der Waals surface area contributed by atoms with Crippen LogP contribution < -0.4 is 5.73 Å². The second kappa shape index (κ2) is 7.88. The van der Waals surface area contributed by atoms with E-state index in [4.69, 9.17) is 5.73 Å². The summed E-state index contributed by atoms with van der Waals surface area (Å²) in [5.41, 5.74) is 6.34. The van der Waals surface area contributed by atoms with Crippen LogP contribution >= 0.6 is 0 Å². The lowest BCUT2D eigenvalue weighted by Crippen LogP contribution is -2.34. The van der Waals surface area contributed by atoms with Gasteiger partial charge < -0.3 is 10.8 Å². The molecule has 0 unspecified atom stereocenters. The third-order valence-electron chi connectivity index (χ3n) is 3.31. The van der Waals surface area contributed by atoms with Crippen LogP contribution in [0.3, 0.4) is 0 Å². The predicted octanol–water partition coefficient (Wildman–Crippen LogP) is 2.40. The molecule has 0 aromatic heterocycles. The van der Waals surface area contributed by atoms with Gasteiger partial charge in [-0.15, -0.1) is 0 Å². The second-order valence-corrected chi connectivity index (χ2v) is 5.78. The Balaban J connectivity index is 2.70. The second-order valence-electron chi connectivity index (χ2n) is 5.78. The Kier molecular flexibility index (Phi) is 6.49. The van der Waals surface area contributed by atoms with Crippen molar-refractivity contribution < 1.29 is 19.1 Å². The zero-order valence-electron chi connectivity index (χ0n) is 12.4. The van der Waals surface area contributed by atoms with Crippen LogP contribution in [-0.4, -0.2) is 22.9 Å². The topological polar surface area (TPSA) is 80.4 Å². The van der Waals surface area contributed by atoms with Gasteiger partial charge >= 0.3 is 5.97 Å². The van der Waals surface area contributed by atoms with Gasteiger partial charge in [-0.25, -0.2) is 4.39 Å². The molecule has 0 amide bonds. The number of carbonyl (C=O) groups is 2. The number of carboxylic acid groups (broad SMARTS) is 1. The van der Waals surface area contributed by atoms with Crippen molar-refractivity contribution in [2.45, 2.75) is 39.2 Å². The molecule has 2 atom stereocenters. The summed E-state index contributed by atoms with van der Waals surface area (Å²) in [5.74, 6) is -2.34. The number of aliphatic carboxylic acids is 1. The number of hydrogen-bond donors (Lipinski definition) is 2. The molecule has 3 N–H and O–H groups in total. The predicted molar refractivity (Wildman–Crippen MR) is 78.3 cm³/mol. The molecule has 0 spiro atoms. The van der Waals surface area contributed by atoms with Gasteiger partial charge in [0.2, 0.25) is 0 Å². The minimum Gasteiger partial charge on any atom is -0.481 e. The average molecular weight is 295 g/mol. The maximum Gasteiger partial charge on any atom is 0.307 e. The average Bonchev–Trinajstić information content (AvgIpc) is 2.36. The van der Waals surface area contributed by atoms with Crippen LogP contribution in [-0.2, 0) is 16.0 Å². The number of carbonyl (C=O) groups excluding carboxylic acids is 1. The molecule has 116 valence electrons. The molecule has 0 aliphatic rings. The Bertz CT molecular complexity index is 502. The van der Waals surface area contributed by atoms with Crippen molar-refractivity contribution in [2.24, 2.45) is 17.6 Å². The molecule has 0 radical (unpaired) electrons. The SMILES string of the molecule is CC(C)C[C@H](N)C(=O)C[C@@H](Cc1cccc(F)c1)C(=O)O. The van der Waals surface area contributed by atoms with Crippen molar-refractivity contribution in [3.63, 3.8) is 0 Å². The number of benzene rings is 1. The highest BCUT2D eigenvalue weighted by molar-refractivity contribution is 5.87. The van der Waals surface area contributed by atoms with E-state index >= 15 is 0 Å². The third-order valence-corrected chi connectivity index (χ3v) is 3.31. The van der Waals surface area contributed by atoms with Gasteiger partial charge in [-0.3, -0.25) is 9.59 Å². The Morgan fingerprint density at radius 2 is 2.00 bits per heavy atom. The van der Waals surface area contributed by atoms with Crippen molar-refractivity contribution in [1.29, 1.82) is 0 Å². The van der Waals surface area contributed by atoms with Gasteiger partial charge in [0.05, 0.1) is 12.0 Å². The lowest BCUT2D eigenvalue weighted by molar-refractivity contribution is -0.143. The molecule has 4 nitrogen and oxygen atoms in total. The Labute approximate surface area is 124 Å². The maximum atomic E-state index is 13.1. The molecule has 0 bridgehead atoms. The number of Topliss-reactive ketones (excluding diaryl/α,β-unsaturated/α-hetero) is 1. The van der Waals surface area contributed by atoms with E-state index in [9.17, 15) is 19.1 Å². The molecular formula is C16H22FNO3. The summed E-state index contributed by atoms with van der Waals surface area (Å²) < 4.78 is 13.1. The number of carboxylic acids is 1. The molecule has 1 rings (SSSR count). The first-order chi connectivity index (χ1) is 9.79. The lowest BCUT2D eigenvalue weighted by atomic mass is 9.90. The van der Waals surface area contributed by atoms with Crippen LogP contribution in [0.4, 0.5) is 4.39 Å². The molecule has 5 heteroatoms. The molecule has 0 heterocycles. The summed E-state index contributed by atoms with van der Waals surface area (Å²) in [7, 11) is 0. The maximum absolute atomic E-state index is 13.1. The van der Waals surface area contributed by atoms with Crippen LogP contribution in [0.15, 0.2) is 24.3 Å². The number of ketones is 1. The van der Waals surface area contributed by atoms with E-state index < -0.39 is 23.7 Å². The lowest BCUT2D eigenvalue weighted by Gasteiger charge is -2.16. The molecule has 1 aromatic rings. The van der Waals surface area contributed by atoms with Crippen LogP contribution in [0.5, 0.6) is 0 Å². The fraction of sp³-hybridized carbons (Fsp3) is 0.500. The highest BCUT2D eigenvalue weighted by Crippen LogP contribution is 2.16. The highest BCUT2D eigenvalue weighted by atomic mass is 19.1. The monoisotopic (exact) mass is 295 g/mol. The molecule has 0 saturated heterocycles. The summed E-state index contributed by atoms with van der Waals surface area (Å²) >= 11 is 0.